The second kappa shape index (κ2) is 6.93. The highest BCUT2D eigenvalue weighted by Gasteiger charge is 2.10. The van der Waals surface area contributed by atoms with E-state index in [-0.39, 0.29) is 12.5 Å². The number of amides is 1. The van der Waals surface area contributed by atoms with Crippen LogP contribution in [0.4, 0.5) is 5.69 Å². The molecule has 0 unspecified atom stereocenters. The summed E-state index contributed by atoms with van der Waals surface area (Å²) in [6, 6.07) is 16.7. The molecule has 1 N–H and O–H groups in total. The van der Waals surface area contributed by atoms with E-state index in [9.17, 15) is 4.79 Å². The molecule has 1 amide bonds. The van der Waals surface area contributed by atoms with Crippen LogP contribution in [0.1, 0.15) is 5.82 Å². The van der Waals surface area contributed by atoms with Crippen molar-refractivity contribution in [2.75, 3.05) is 11.9 Å². The highest BCUT2D eigenvalue weighted by Crippen LogP contribution is 2.26. The summed E-state index contributed by atoms with van der Waals surface area (Å²) in [5.41, 5.74) is 1.66. The van der Waals surface area contributed by atoms with E-state index < -0.39 is 0 Å². The zero-order valence-corrected chi connectivity index (χ0v) is 14.7. The second-order valence-electron chi connectivity index (χ2n) is 5.58. The fourth-order valence-electron chi connectivity index (χ4n) is 2.39. The van der Waals surface area contributed by atoms with Gasteiger partial charge in [0.1, 0.15) is 10.8 Å². The van der Waals surface area contributed by atoms with Gasteiger partial charge in [-0.3, -0.25) is 4.79 Å². The average Bonchev–Trinajstić information content (AvgIpc) is 3.24. The van der Waals surface area contributed by atoms with Crippen LogP contribution in [0.5, 0.6) is 5.75 Å². The number of nitrogens with one attached hydrogen (secondary N) is 1. The van der Waals surface area contributed by atoms with Gasteiger partial charge in [0.2, 0.25) is 4.96 Å². The van der Waals surface area contributed by atoms with E-state index in [0.717, 1.165) is 21.4 Å². The van der Waals surface area contributed by atoms with E-state index in [4.69, 9.17) is 4.74 Å². The Morgan fingerprint density at radius 2 is 1.88 bits per heavy atom. The summed E-state index contributed by atoms with van der Waals surface area (Å²) in [5.74, 6) is 1.21. The molecule has 0 atom stereocenters. The SMILES string of the molecule is Cc1nnc2sc(-c3ccc(NC(=O)COc4ccccc4)cc3)nn12. The normalized spacial score (nSPS) is 10.8. The Hall–Kier alpha value is -3.26. The predicted molar refractivity (Wildman–Crippen MR) is 99.4 cm³/mol. The maximum atomic E-state index is 12.0. The van der Waals surface area contributed by atoms with Gasteiger partial charge in [-0.1, -0.05) is 29.5 Å². The summed E-state index contributed by atoms with van der Waals surface area (Å²) in [6.07, 6.45) is 0. The van der Waals surface area contributed by atoms with Gasteiger partial charge >= 0.3 is 0 Å². The lowest BCUT2D eigenvalue weighted by atomic mass is 10.2. The van der Waals surface area contributed by atoms with Crippen molar-refractivity contribution in [3.05, 3.63) is 60.4 Å². The minimum absolute atomic E-state index is 0.0400. The van der Waals surface area contributed by atoms with Crippen LogP contribution in [0.3, 0.4) is 0 Å². The molecule has 0 fully saturated rings. The fraction of sp³-hybridized carbons (Fsp3) is 0.111. The molecule has 0 saturated heterocycles. The molecule has 0 saturated carbocycles. The van der Waals surface area contributed by atoms with E-state index in [0.29, 0.717) is 11.4 Å². The van der Waals surface area contributed by atoms with Gasteiger partial charge in [-0.25, -0.2) is 0 Å². The maximum Gasteiger partial charge on any atom is 0.262 e. The van der Waals surface area contributed by atoms with E-state index in [1.165, 1.54) is 11.3 Å². The number of aromatic nitrogens is 4. The van der Waals surface area contributed by atoms with Crippen molar-refractivity contribution in [2.24, 2.45) is 0 Å². The number of nitrogens with zero attached hydrogens (tertiary/aromatic N) is 4. The monoisotopic (exact) mass is 365 g/mol. The predicted octanol–water partition coefficient (Wildman–Crippen LogP) is 3.18. The number of ether oxygens (including phenoxy) is 1. The average molecular weight is 365 g/mol. The van der Waals surface area contributed by atoms with Gasteiger partial charge in [0, 0.05) is 11.3 Å². The fourth-order valence-corrected chi connectivity index (χ4v) is 3.28. The molecule has 0 aliphatic heterocycles. The molecule has 26 heavy (non-hydrogen) atoms. The first kappa shape index (κ1) is 16.2. The smallest absolute Gasteiger partial charge is 0.262 e. The van der Waals surface area contributed by atoms with Crippen LogP contribution in [0.2, 0.25) is 0 Å². The van der Waals surface area contributed by atoms with Crippen molar-refractivity contribution in [1.82, 2.24) is 19.8 Å². The zero-order valence-electron chi connectivity index (χ0n) is 13.9. The maximum absolute atomic E-state index is 12.0. The van der Waals surface area contributed by atoms with Gasteiger partial charge in [0.05, 0.1) is 0 Å². The number of anilines is 1. The number of para-hydroxylation sites is 1. The molecule has 0 bridgehead atoms. The Bertz CT molecular complexity index is 1040. The lowest BCUT2D eigenvalue weighted by Crippen LogP contribution is -2.20. The summed E-state index contributed by atoms with van der Waals surface area (Å²) < 4.78 is 7.15. The molecule has 0 radical (unpaired) electrons. The minimum atomic E-state index is -0.212. The molecule has 2 aromatic carbocycles. The Morgan fingerprint density at radius 1 is 1.12 bits per heavy atom. The number of hydrogen-bond donors (Lipinski definition) is 1. The van der Waals surface area contributed by atoms with E-state index >= 15 is 0 Å². The molecule has 0 spiro atoms. The van der Waals surface area contributed by atoms with Crippen molar-refractivity contribution < 1.29 is 9.53 Å². The molecular formula is C18H15N5O2S. The molecule has 2 aromatic heterocycles. The summed E-state index contributed by atoms with van der Waals surface area (Å²) in [4.78, 5) is 12.8. The highest BCUT2D eigenvalue weighted by molar-refractivity contribution is 7.19. The molecule has 2 heterocycles. The van der Waals surface area contributed by atoms with Gasteiger partial charge < -0.3 is 10.1 Å². The van der Waals surface area contributed by atoms with Gasteiger partial charge in [-0.15, -0.1) is 10.2 Å². The first-order valence-electron chi connectivity index (χ1n) is 7.96. The van der Waals surface area contributed by atoms with Gasteiger partial charge in [-0.05, 0) is 43.3 Å². The lowest BCUT2D eigenvalue weighted by Gasteiger charge is -2.07. The lowest BCUT2D eigenvalue weighted by molar-refractivity contribution is -0.118. The molecule has 8 heteroatoms. The van der Waals surface area contributed by atoms with Crippen LogP contribution in [0.15, 0.2) is 54.6 Å². The molecule has 4 rings (SSSR count). The van der Waals surface area contributed by atoms with E-state index in [1.54, 1.807) is 4.52 Å². The summed E-state index contributed by atoms with van der Waals surface area (Å²) in [5, 5.41) is 16.2. The van der Waals surface area contributed by atoms with Crippen LogP contribution in [0.25, 0.3) is 15.5 Å². The molecule has 130 valence electrons. The van der Waals surface area contributed by atoms with Crippen molar-refractivity contribution in [3.8, 4) is 16.3 Å². The Morgan fingerprint density at radius 3 is 2.62 bits per heavy atom. The number of rotatable bonds is 5. The number of aryl methyl sites for hydroxylation is 1. The Kier molecular flexibility index (Phi) is 4.32. The minimum Gasteiger partial charge on any atom is -0.484 e. The first-order chi connectivity index (χ1) is 12.7. The summed E-state index contributed by atoms with van der Waals surface area (Å²) in [7, 11) is 0. The zero-order chi connectivity index (χ0) is 17.9. The number of carbonyl (C=O) groups is 1. The third-order valence-corrected chi connectivity index (χ3v) is 4.62. The van der Waals surface area contributed by atoms with Crippen molar-refractivity contribution in [1.29, 1.82) is 0 Å². The van der Waals surface area contributed by atoms with Gasteiger partial charge in [-0.2, -0.15) is 9.61 Å². The van der Waals surface area contributed by atoms with E-state index in [2.05, 4.69) is 20.6 Å². The first-order valence-corrected chi connectivity index (χ1v) is 8.78. The van der Waals surface area contributed by atoms with Crippen LogP contribution in [0, 0.1) is 6.92 Å². The molecule has 0 aliphatic rings. The quantitative estimate of drug-likeness (QED) is 0.587. The summed E-state index contributed by atoms with van der Waals surface area (Å²) >= 11 is 1.47. The molecule has 7 nitrogen and oxygen atoms in total. The van der Waals surface area contributed by atoms with Crippen LogP contribution >= 0.6 is 11.3 Å². The third kappa shape index (κ3) is 3.40. The van der Waals surface area contributed by atoms with Crippen LogP contribution in [-0.4, -0.2) is 32.3 Å². The Labute approximate surface area is 153 Å². The summed E-state index contributed by atoms with van der Waals surface area (Å²) in [6.45, 7) is 1.82. The van der Waals surface area contributed by atoms with Crippen molar-refractivity contribution in [3.63, 3.8) is 0 Å². The molecule has 4 aromatic rings. The number of fused-ring (bicyclic) bond motifs is 1. The third-order valence-electron chi connectivity index (χ3n) is 3.68. The van der Waals surface area contributed by atoms with E-state index in [1.807, 2.05) is 61.5 Å². The highest BCUT2D eigenvalue weighted by atomic mass is 32.1. The molecular weight excluding hydrogens is 350 g/mol. The standard InChI is InChI=1S/C18H15N5O2S/c1-12-20-21-18-23(12)22-17(26-18)13-7-9-14(10-8-13)19-16(24)11-25-15-5-3-2-4-6-15/h2-10H,11H2,1H3,(H,19,24). The second-order valence-corrected chi connectivity index (χ2v) is 6.53. The number of carbonyl (C=O) groups excluding carboxylic acids is 1. The number of benzene rings is 2. The van der Waals surface area contributed by atoms with Crippen LogP contribution in [-0.2, 0) is 4.79 Å². The van der Waals surface area contributed by atoms with Gasteiger partial charge in [0.15, 0.2) is 12.4 Å². The Balaban J connectivity index is 1.40. The largest absolute Gasteiger partial charge is 0.484 e. The van der Waals surface area contributed by atoms with Crippen LogP contribution < -0.4 is 10.1 Å². The molecule has 0 aliphatic carbocycles. The van der Waals surface area contributed by atoms with Crippen molar-refractivity contribution >= 4 is 27.9 Å². The van der Waals surface area contributed by atoms with Gasteiger partial charge in [0.25, 0.3) is 5.91 Å². The number of hydrogen-bond acceptors (Lipinski definition) is 6. The van der Waals surface area contributed by atoms with Crippen molar-refractivity contribution in [2.45, 2.75) is 6.92 Å². The topological polar surface area (TPSA) is 81.4 Å².